The van der Waals surface area contributed by atoms with Gasteiger partial charge in [-0.15, -0.1) is 0 Å². The Kier molecular flexibility index (Phi) is 4.18. The molecule has 1 aromatic rings. The minimum Gasteiger partial charge on any atom is -0.497 e. The van der Waals surface area contributed by atoms with E-state index in [9.17, 15) is 4.21 Å². The van der Waals surface area contributed by atoms with Gasteiger partial charge in [0.2, 0.25) is 0 Å². The van der Waals surface area contributed by atoms with Crippen LogP contribution in [0, 0.1) is 0 Å². The molecule has 4 heteroatoms. The van der Waals surface area contributed by atoms with E-state index in [1.54, 1.807) is 7.11 Å². The van der Waals surface area contributed by atoms with E-state index in [0.29, 0.717) is 5.75 Å². The van der Waals surface area contributed by atoms with Crippen molar-refractivity contribution in [2.24, 2.45) is 0 Å². The fraction of sp³-hybridized carbons (Fsp3) is 0.538. The average molecular weight is 253 g/mol. The van der Waals surface area contributed by atoms with Crippen LogP contribution in [0.3, 0.4) is 0 Å². The van der Waals surface area contributed by atoms with Crippen molar-refractivity contribution in [1.82, 2.24) is 5.32 Å². The minimum absolute atomic E-state index is 0.177. The first-order valence-electron chi connectivity index (χ1n) is 5.95. The number of hydrogen-bond donors (Lipinski definition) is 1. The zero-order valence-corrected chi connectivity index (χ0v) is 11.1. The summed E-state index contributed by atoms with van der Waals surface area (Å²) in [7, 11) is 0.922. The second kappa shape index (κ2) is 5.65. The Hall–Kier alpha value is -0.870. The van der Waals surface area contributed by atoms with Crippen molar-refractivity contribution < 1.29 is 8.95 Å². The van der Waals surface area contributed by atoms with E-state index in [0.717, 1.165) is 24.3 Å². The summed E-state index contributed by atoms with van der Waals surface area (Å²) >= 11 is 0. The van der Waals surface area contributed by atoms with Crippen LogP contribution in [0.1, 0.15) is 24.9 Å². The first-order valence-corrected chi connectivity index (χ1v) is 7.33. The van der Waals surface area contributed by atoms with E-state index in [1.165, 1.54) is 0 Å². The van der Waals surface area contributed by atoms with E-state index in [-0.39, 0.29) is 11.3 Å². The lowest BCUT2D eigenvalue weighted by Gasteiger charge is -2.16. The quantitative estimate of drug-likeness (QED) is 0.874. The van der Waals surface area contributed by atoms with Crippen molar-refractivity contribution in [2.75, 3.05) is 19.4 Å². The highest BCUT2D eigenvalue weighted by atomic mass is 32.2. The second-order valence-electron chi connectivity index (χ2n) is 4.43. The van der Waals surface area contributed by atoms with Gasteiger partial charge in [0.15, 0.2) is 0 Å². The lowest BCUT2D eigenvalue weighted by Crippen LogP contribution is -2.23. The van der Waals surface area contributed by atoms with E-state index >= 15 is 0 Å². The molecule has 1 fully saturated rings. The number of benzene rings is 1. The maximum Gasteiger partial charge on any atom is 0.119 e. The zero-order chi connectivity index (χ0) is 12.3. The first-order chi connectivity index (χ1) is 8.20. The van der Waals surface area contributed by atoms with Gasteiger partial charge in [0.25, 0.3) is 0 Å². The molecule has 3 nitrogen and oxygen atoms in total. The molecule has 0 bridgehead atoms. The van der Waals surface area contributed by atoms with Crippen molar-refractivity contribution >= 4 is 10.8 Å². The highest BCUT2D eigenvalue weighted by Crippen LogP contribution is 2.22. The van der Waals surface area contributed by atoms with Crippen molar-refractivity contribution in [1.29, 1.82) is 0 Å². The third kappa shape index (κ3) is 3.07. The molecular formula is C13H19NO2S. The largest absolute Gasteiger partial charge is 0.497 e. The standard InChI is InChI=1S/C13H19NO2S/c1-10-6-7-14-13(9-17(10)15)11-4-3-5-12(8-11)16-2/h3-5,8,10,13-14H,6-7,9H2,1-2H3. The van der Waals surface area contributed by atoms with E-state index < -0.39 is 10.8 Å². The molecule has 17 heavy (non-hydrogen) atoms. The van der Waals surface area contributed by atoms with Gasteiger partial charge in [-0.05, 0) is 30.7 Å². The predicted molar refractivity (Wildman–Crippen MR) is 70.8 cm³/mol. The summed E-state index contributed by atoms with van der Waals surface area (Å²) < 4.78 is 17.2. The molecule has 1 aliphatic rings. The minimum atomic E-state index is -0.745. The Bertz CT molecular complexity index is 408. The summed E-state index contributed by atoms with van der Waals surface area (Å²) in [5, 5.41) is 3.75. The van der Waals surface area contributed by atoms with Crippen LogP contribution in [0.5, 0.6) is 5.75 Å². The fourth-order valence-electron chi connectivity index (χ4n) is 2.05. The molecule has 1 aromatic carbocycles. The summed E-state index contributed by atoms with van der Waals surface area (Å²) in [6.45, 7) is 2.99. The molecule has 0 radical (unpaired) electrons. The maximum atomic E-state index is 12.0. The molecule has 0 amide bonds. The van der Waals surface area contributed by atoms with Crippen LogP contribution >= 0.6 is 0 Å². The molecule has 0 saturated carbocycles. The normalized spacial score (nSPS) is 29.6. The Morgan fingerprint density at radius 2 is 2.29 bits per heavy atom. The van der Waals surface area contributed by atoms with Gasteiger partial charge in [0.05, 0.1) is 7.11 Å². The molecule has 1 saturated heterocycles. The Morgan fingerprint density at radius 1 is 1.47 bits per heavy atom. The van der Waals surface area contributed by atoms with Crippen LogP contribution in [0.2, 0.25) is 0 Å². The number of ether oxygens (including phenoxy) is 1. The Balaban J connectivity index is 2.17. The van der Waals surface area contributed by atoms with Gasteiger partial charge in [-0.25, -0.2) is 0 Å². The molecule has 0 aromatic heterocycles. The number of hydrogen-bond acceptors (Lipinski definition) is 3. The maximum absolute atomic E-state index is 12.0. The summed E-state index contributed by atoms with van der Waals surface area (Å²) in [6, 6.07) is 8.17. The smallest absolute Gasteiger partial charge is 0.119 e. The third-order valence-corrected chi connectivity index (χ3v) is 5.01. The van der Waals surface area contributed by atoms with Crippen LogP contribution in [-0.4, -0.2) is 28.9 Å². The van der Waals surface area contributed by atoms with Gasteiger partial charge in [-0.1, -0.05) is 19.1 Å². The molecule has 3 unspecified atom stereocenters. The molecular weight excluding hydrogens is 234 g/mol. The highest BCUT2D eigenvalue weighted by molar-refractivity contribution is 7.85. The molecule has 0 spiro atoms. The van der Waals surface area contributed by atoms with Gasteiger partial charge in [-0.3, -0.25) is 4.21 Å². The molecule has 94 valence electrons. The van der Waals surface area contributed by atoms with Crippen molar-refractivity contribution in [3.05, 3.63) is 29.8 Å². The topological polar surface area (TPSA) is 38.3 Å². The first kappa shape index (κ1) is 12.6. The molecule has 1 N–H and O–H groups in total. The Morgan fingerprint density at radius 3 is 3.06 bits per heavy atom. The van der Waals surface area contributed by atoms with Crippen molar-refractivity contribution in [2.45, 2.75) is 24.6 Å². The third-order valence-electron chi connectivity index (χ3n) is 3.22. The number of methoxy groups -OCH3 is 1. The van der Waals surface area contributed by atoms with Crippen LogP contribution in [-0.2, 0) is 10.8 Å². The van der Waals surface area contributed by atoms with Gasteiger partial charge in [0, 0.05) is 27.8 Å². The highest BCUT2D eigenvalue weighted by Gasteiger charge is 2.22. The second-order valence-corrected chi connectivity index (χ2v) is 6.33. The molecule has 1 heterocycles. The van der Waals surface area contributed by atoms with Gasteiger partial charge in [-0.2, -0.15) is 0 Å². The van der Waals surface area contributed by atoms with Crippen molar-refractivity contribution in [3.8, 4) is 5.75 Å². The predicted octanol–water partition coefficient (Wildman–Crippen LogP) is 1.87. The summed E-state index contributed by atoms with van der Waals surface area (Å²) in [5.74, 6) is 1.54. The zero-order valence-electron chi connectivity index (χ0n) is 10.3. The molecule has 1 aliphatic heterocycles. The molecule has 3 atom stereocenters. The molecule has 2 rings (SSSR count). The van der Waals surface area contributed by atoms with Crippen LogP contribution in [0.4, 0.5) is 0 Å². The SMILES string of the molecule is COc1cccc(C2CS(=O)C(C)CCN2)c1. The van der Waals surface area contributed by atoms with Gasteiger partial charge >= 0.3 is 0 Å². The van der Waals surface area contributed by atoms with Crippen LogP contribution < -0.4 is 10.1 Å². The van der Waals surface area contributed by atoms with E-state index in [2.05, 4.69) is 18.3 Å². The van der Waals surface area contributed by atoms with E-state index in [4.69, 9.17) is 4.74 Å². The lowest BCUT2D eigenvalue weighted by atomic mass is 10.1. The van der Waals surface area contributed by atoms with Gasteiger partial charge < -0.3 is 10.1 Å². The van der Waals surface area contributed by atoms with Crippen LogP contribution in [0.25, 0.3) is 0 Å². The summed E-state index contributed by atoms with van der Waals surface area (Å²) in [4.78, 5) is 0. The van der Waals surface area contributed by atoms with Crippen molar-refractivity contribution in [3.63, 3.8) is 0 Å². The summed E-state index contributed by atoms with van der Waals surface area (Å²) in [6.07, 6.45) is 0.979. The van der Waals surface area contributed by atoms with Crippen LogP contribution in [0.15, 0.2) is 24.3 Å². The van der Waals surface area contributed by atoms with E-state index in [1.807, 2.05) is 18.2 Å². The summed E-state index contributed by atoms with van der Waals surface area (Å²) in [5.41, 5.74) is 1.16. The fourth-order valence-corrected chi connectivity index (χ4v) is 3.40. The number of rotatable bonds is 2. The average Bonchev–Trinajstić information content (AvgIpc) is 2.52. The Labute approximate surface area is 105 Å². The lowest BCUT2D eigenvalue weighted by molar-refractivity contribution is 0.413. The molecule has 0 aliphatic carbocycles. The van der Waals surface area contributed by atoms with Gasteiger partial charge in [0.1, 0.15) is 5.75 Å². The number of nitrogens with one attached hydrogen (secondary N) is 1. The monoisotopic (exact) mass is 253 g/mol.